The molecule has 0 fully saturated rings. The fraction of sp³-hybridized carbons (Fsp3) is 0.250. The van der Waals surface area contributed by atoms with E-state index >= 15 is 0 Å². The number of hydrogen-bond donors (Lipinski definition) is 3. The highest BCUT2D eigenvalue weighted by Gasteiger charge is 2.12. The van der Waals surface area contributed by atoms with Crippen LogP contribution in [0.15, 0.2) is 47.1 Å². The van der Waals surface area contributed by atoms with E-state index in [1.54, 1.807) is 45.3 Å². The zero-order chi connectivity index (χ0) is 19.3. The Hall–Kier alpha value is -2.53. The highest BCUT2D eigenvalue weighted by molar-refractivity contribution is 6.32. The third-order valence-electron chi connectivity index (χ3n) is 4.15. The van der Waals surface area contributed by atoms with E-state index in [2.05, 4.69) is 10.6 Å². The van der Waals surface area contributed by atoms with Crippen LogP contribution in [0, 0.1) is 18.2 Å². The second-order valence-corrected chi connectivity index (χ2v) is 6.23. The number of hydrogen-bond acceptors (Lipinski definition) is 4. The van der Waals surface area contributed by atoms with Gasteiger partial charge in [-0.1, -0.05) is 17.7 Å². The lowest BCUT2D eigenvalue weighted by Gasteiger charge is -2.14. The molecule has 0 unspecified atom stereocenters. The molecule has 0 spiro atoms. The lowest BCUT2D eigenvalue weighted by molar-refractivity contribution is 0.298. The first-order valence-electron chi connectivity index (χ1n) is 8.21. The zero-order valence-electron chi connectivity index (χ0n) is 15.3. The van der Waals surface area contributed by atoms with Crippen LogP contribution in [-0.2, 0) is 6.61 Å². The molecule has 2 rings (SSSR count). The maximum atomic E-state index is 14.0. The Balaban J connectivity index is 2.20. The average Bonchev–Trinajstić information content (AvgIpc) is 2.65. The number of benzene rings is 2. The predicted octanol–water partition coefficient (Wildman–Crippen LogP) is 4.81. The van der Waals surface area contributed by atoms with Crippen molar-refractivity contribution in [3.8, 4) is 5.75 Å². The SMILES string of the molecule is CN/C(Cl)=C(/C)C(=N)c1ccc(OCc2c(F)cccc2NC)c(C)c1. The van der Waals surface area contributed by atoms with Crippen LogP contribution in [0.1, 0.15) is 23.6 Å². The lowest BCUT2D eigenvalue weighted by Crippen LogP contribution is -2.10. The third-order valence-corrected chi connectivity index (χ3v) is 4.62. The van der Waals surface area contributed by atoms with Crippen LogP contribution in [0.4, 0.5) is 10.1 Å². The summed E-state index contributed by atoms with van der Waals surface area (Å²) in [4.78, 5) is 0. The first-order chi connectivity index (χ1) is 12.4. The van der Waals surface area contributed by atoms with Crippen molar-refractivity contribution >= 4 is 23.0 Å². The minimum atomic E-state index is -0.310. The van der Waals surface area contributed by atoms with Gasteiger partial charge < -0.3 is 15.4 Å². The number of allylic oxidation sites excluding steroid dienone is 1. The van der Waals surface area contributed by atoms with Gasteiger partial charge in [0, 0.05) is 36.5 Å². The number of aryl methyl sites for hydroxylation is 1. The van der Waals surface area contributed by atoms with Crippen LogP contribution in [-0.4, -0.2) is 19.8 Å². The molecular formula is C20H23ClFN3O. The van der Waals surface area contributed by atoms with Crippen molar-refractivity contribution in [1.29, 1.82) is 5.41 Å². The molecule has 26 heavy (non-hydrogen) atoms. The molecule has 0 aliphatic heterocycles. The first-order valence-corrected chi connectivity index (χ1v) is 8.58. The largest absolute Gasteiger partial charge is 0.488 e. The fourth-order valence-corrected chi connectivity index (χ4v) is 2.66. The van der Waals surface area contributed by atoms with Crippen molar-refractivity contribution in [2.24, 2.45) is 0 Å². The summed E-state index contributed by atoms with van der Waals surface area (Å²) >= 11 is 6.05. The van der Waals surface area contributed by atoms with Gasteiger partial charge in [0.05, 0.1) is 5.71 Å². The molecule has 0 aromatic heterocycles. The van der Waals surface area contributed by atoms with Crippen LogP contribution >= 0.6 is 11.6 Å². The van der Waals surface area contributed by atoms with Gasteiger partial charge in [0.15, 0.2) is 0 Å². The Bertz CT molecular complexity index is 849. The van der Waals surface area contributed by atoms with Crippen molar-refractivity contribution in [2.45, 2.75) is 20.5 Å². The number of ether oxygens (including phenoxy) is 1. The normalized spacial score (nSPS) is 11.6. The molecule has 0 aliphatic rings. The highest BCUT2D eigenvalue weighted by Crippen LogP contribution is 2.25. The van der Waals surface area contributed by atoms with Gasteiger partial charge in [-0.2, -0.15) is 0 Å². The second-order valence-electron chi connectivity index (χ2n) is 5.85. The Morgan fingerprint density at radius 2 is 1.96 bits per heavy atom. The van der Waals surface area contributed by atoms with E-state index in [0.29, 0.717) is 33.4 Å². The predicted molar refractivity (Wildman–Crippen MR) is 106 cm³/mol. The van der Waals surface area contributed by atoms with E-state index < -0.39 is 0 Å². The van der Waals surface area contributed by atoms with Crippen molar-refractivity contribution in [2.75, 3.05) is 19.4 Å². The molecule has 0 atom stereocenters. The molecule has 6 heteroatoms. The van der Waals surface area contributed by atoms with Crippen molar-refractivity contribution in [1.82, 2.24) is 5.32 Å². The van der Waals surface area contributed by atoms with E-state index in [4.69, 9.17) is 21.7 Å². The minimum absolute atomic E-state index is 0.116. The van der Waals surface area contributed by atoms with Crippen LogP contribution in [0.3, 0.4) is 0 Å². The molecule has 0 bridgehead atoms. The Kier molecular flexibility index (Phi) is 6.64. The summed E-state index contributed by atoms with van der Waals surface area (Å²) in [6, 6.07) is 10.3. The summed E-state index contributed by atoms with van der Waals surface area (Å²) in [7, 11) is 3.46. The molecule has 0 saturated carbocycles. The maximum Gasteiger partial charge on any atom is 0.131 e. The number of halogens is 2. The summed E-state index contributed by atoms with van der Waals surface area (Å²) in [6.45, 7) is 3.80. The molecule has 0 aliphatic carbocycles. The van der Waals surface area contributed by atoms with Gasteiger partial charge in [-0.25, -0.2) is 4.39 Å². The quantitative estimate of drug-likeness (QED) is 0.480. The molecule has 0 heterocycles. The summed E-state index contributed by atoms with van der Waals surface area (Å²) in [6.07, 6.45) is 0. The van der Waals surface area contributed by atoms with Crippen LogP contribution in [0.2, 0.25) is 0 Å². The molecular weight excluding hydrogens is 353 g/mol. The topological polar surface area (TPSA) is 57.1 Å². The van der Waals surface area contributed by atoms with Gasteiger partial charge >= 0.3 is 0 Å². The van der Waals surface area contributed by atoms with Crippen LogP contribution in [0.5, 0.6) is 5.75 Å². The number of nitrogens with one attached hydrogen (secondary N) is 3. The Morgan fingerprint density at radius 1 is 1.23 bits per heavy atom. The van der Waals surface area contributed by atoms with Gasteiger partial charge in [-0.15, -0.1) is 0 Å². The van der Waals surface area contributed by atoms with Crippen LogP contribution in [0.25, 0.3) is 0 Å². The van der Waals surface area contributed by atoms with Crippen molar-refractivity contribution in [3.05, 3.63) is 69.6 Å². The molecule has 0 amide bonds. The van der Waals surface area contributed by atoms with E-state index in [1.165, 1.54) is 6.07 Å². The van der Waals surface area contributed by atoms with Gasteiger partial charge in [-0.3, -0.25) is 5.41 Å². The molecule has 138 valence electrons. The molecule has 0 radical (unpaired) electrons. The van der Waals surface area contributed by atoms with E-state index in [1.807, 2.05) is 13.0 Å². The van der Waals surface area contributed by atoms with Crippen molar-refractivity contribution in [3.63, 3.8) is 0 Å². The average molecular weight is 376 g/mol. The molecule has 2 aromatic carbocycles. The standard InChI is InChI=1S/C20H23ClFN3O/c1-12-10-14(19(23)13(2)20(21)25-4)8-9-18(12)26-11-15-16(22)6-5-7-17(15)24-3/h5-10,23-25H,11H2,1-4H3/b20-13-,23-19?. The zero-order valence-corrected chi connectivity index (χ0v) is 16.1. The van der Waals surface area contributed by atoms with E-state index in [-0.39, 0.29) is 12.4 Å². The van der Waals surface area contributed by atoms with Crippen molar-refractivity contribution < 1.29 is 9.13 Å². The summed E-state index contributed by atoms with van der Waals surface area (Å²) in [5.41, 5.74) is 3.78. The molecule has 2 aromatic rings. The van der Waals surface area contributed by atoms with E-state index in [9.17, 15) is 4.39 Å². The summed E-state index contributed by atoms with van der Waals surface area (Å²) < 4.78 is 19.8. The fourth-order valence-electron chi connectivity index (χ4n) is 2.57. The van der Waals surface area contributed by atoms with Gasteiger partial charge in [-0.05, 0) is 49.7 Å². The maximum absolute atomic E-state index is 14.0. The van der Waals surface area contributed by atoms with Gasteiger partial charge in [0.1, 0.15) is 23.3 Å². The molecule has 4 nitrogen and oxygen atoms in total. The summed E-state index contributed by atoms with van der Waals surface area (Å²) in [5.74, 6) is 0.337. The monoisotopic (exact) mass is 375 g/mol. The van der Waals surface area contributed by atoms with Gasteiger partial charge in [0.2, 0.25) is 0 Å². The van der Waals surface area contributed by atoms with Gasteiger partial charge in [0.25, 0.3) is 0 Å². The summed E-state index contributed by atoms with van der Waals surface area (Å²) in [5, 5.41) is 14.5. The highest BCUT2D eigenvalue weighted by atomic mass is 35.5. The van der Waals surface area contributed by atoms with Crippen LogP contribution < -0.4 is 15.4 Å². The molecule has 0 saturated heterocycles. The number of rotatable bonds is 7. The number of anilines is 1. The second kappa shape index (κ2) is 8.72. The smallest absolute Gasteiger partial charge is 0.131 e. The first kappa shape index (κ1) is 19.8. The third kappa shape index (κ3) is 4.35. The Labute approximate surface area is 158 Å². The Morgan fingerprint density at radius 3 is 2.58 bits per heavy atom. The minimum Gasteiger partial charge on any atom is -0.488 e. The molecule has 3 N–H and O–H groups in total. The lowest BCUT2D eigenvalue weighted by atomic mass is 10.0. The van der Waals surface area contributed by atoms with E-state index in [0.717, 1.165) is 11.1 Å².